The summed E-state index contributed by atoms with van der Waals surface area (Å²) in [5.74, 6) is 0.803. The number of hydrogen-bond acceptors (Lipinski definition) is 10. The molecule has 4 N–H and O–H groups in total. The molecule has 11 heteroatoms. The van der Waals surface area contributed by atoms with Crippen molar-refractivity contribution in [2.24, 2.45) is 5.41 Å². The van der Waals surface area contributed by atoms with Crippen LogP contribution in [0.2, 0.25) is 5.02 Å². The zero-order valence-corrected chi connectivity index (χ0v) is 24.9. The van der Waals surface area contributed by atoms with Crippen LogP contribution < -0.4 is 16.4 Å². The van der Waals surface area contributed by atoms with Crippen LogP contribution in [0.5, 0.6) is 0 Å². The van der Waals surface area contributed by atoms with E-state index < -0.39 is 5.41 Å². The third kappa shape index (κ3) is 11.1. The van der Waals surface area contributed by atoms with E-state index in [4.69, 9.17) is 31.5 Å². The number of pyridine rings is 2. The Morgan fingerprint density at radius 2 is 2.05 bits per heavy atom. The lowest BCUT2D eigenvalue weighted by Gasteiger charge is -2.30. The van der Waals surface area contributed by atoms with Crippen molar-refractivity contribution in [2.45, 2.75) is 70.9 Å². The Morgan fingerprint density at radius 1 is 1.29 bits per heavy atom. The van der Waals surface area contributed by atoms with Gasteiger partial charge in [-0.15, -0.1) is 0 Å². The van der Waals surface area contributed by atoms with Crippen molar-refractivity contribution in [3.63, 3.8) is 0 Å². The molecular formula is C30H43ClN6O4. The number of esters is 1. The average Bonchev–Trinajstić information content (AvgIpc) is 2.99. The van der Waals surface area contributed by atoms with Crippen molar-refractivity contribution < 1.29 is 19.0 Å². The number of carbonyl (C=O) groups is 1. The molecule has 0 unspecified atom stereocenters. The van der Waals surface area contributed by atoms with Gasteiger partial charge in [-0.2, -0.15) is 5.26 Å². The van der Waals surface area contributed by atoms with Crippen LogP contribution in [-0.4, -0.2) is 67.6 Å². The molecule has 2 aliphatic rings. The van der Waals surface area contributed by atoms with Crippen molar-refractivity contribution >= 4 is 29.2 Å². The van der Waals surface area contributed by atoms with Crippen LogP contribution in [0.4, 0.5) is 11.6 Å². The summed E-state index contributed by atoms with van der Waals surface area (Å²) in [5, 5.41) is 16.8. The molecule has 0 radical (unpaired) electrons. The van der Waals surface area contributed by atoms with Gasteiger partial charge in [0.15, 0.2) is 0 Å². The molecule has 0 aromatic carbocycles. The largest absolute Gasteiger partial charge is 0.464 e. The van der Waals surface area contributed by atoms with Gasteiger partial charge in [-0.3, -0.25) is 0 Å². The lowest BCUT2D eigenvalue weighted by molar-refractivity contribution is -0.148. The maximum absolute atomic E-state index is 11.0. The Morgan fingerprint density at radius 3 is 2.76 bits per heavy atom. The van der Waals surface area contributed by atoms with Gasteiger partial charge < -0.3 is 30.6 Å². The Labute approximate surface area is 248 Å². The number of carbonyl (C=O) groups excluding carboxylic acids is 1. The number of nitrogen functional groups attached to an aromatic ring is 1. The first-order valence-electron chi connectivity index (χ1n) is 14.4. The summed E-state index contributed by atoms with van der Waals surface area (Å²) in [6.45, 7) is 6.71. The molecule has 41 heavy (non-hydrogen) atoms. The van der Waals surface area contributed by atoms with Crippen LogP contribution >= 0.6 is 11.6 Å². The maximum atomic E-state index is 11.0. The molecule has 1 saturated heterocycles. The van der Waals surface area contributed by atoms with Crippen LogP contribution in [-0.2, 0) is 19.0 Å². The van der Waals surface area contributed by atoms with Gasteiger partial charge in [0.1, 0.15) is 18.2 Å². The van der Waals surface area contributed by atoms with Gasteiger partial charge >= 0.3 is 5.97 Å². The van der Waals surface area contributed by atoms with Gasteiger partial charge in [0, 0.05) is 43.6 Å². The van der Waals surface area contributed by atoms with E-state index in [-0.39, 0.29) is 12.6 Å². The van der Waals surface area contributed by atoms with Gasteiger partial charge in [-0.05, 0) is 57.7 Å². The molecule has 0 amide bonds. The Hall–Kier alpha value is -2.97. The first-order valence-corrected chi connectivity index (χ1v) is 14.8. The minimum absolute atomic E-state index is 0.0600. The second-order valence-electron chi connectivity index (χ2n) is 10.6. The molecule has 1 aliphatic heterocycles. The highest BCUT2D eigenvalue weighted by atomic mass is 35.5. The van der Waals surface area contributed by atoms with Crippen molar-refractivity contribution in [2.75, 3.05) is 50.6 Å². The van der Waals surface area contributed by atoms with E-state index in [0.717, 1.165) is 18.4 Å². The van der Waals surface area contributed by atoms with Crippen LogP contribution in [0.1, 0.15) is 58.8 Å². The number of nitrogens with one attached hydrogen (secondary N) is 2. The Balaban J connectivity index is 0.000000241. The maximum Gasteiger partial charge on any atom is 0.332 e. The number of ether oxygens (including phenoxy) is 3. The lowest BCUT2D eigenvalue weighted by Crippen LogP contribution is -2.40. The number of rotatable bonds is 11. The number of anilines is 2. The second kappa shape index (κ2) is 17.1. The smallest absolute Gasteiger partial charge is 0.332 e. The highest BCUT2D eigenvalue weighted by molar-refractivity contribution is 6.33. The fourth-order valence-corrected chi connectivity index (χ4v) is 5.13. The highest BCUT2D eigenvalue weighted by Gasteiger charge is 2.32. The van der Waals surface area contributed by atoms with E-state index >= 15 is 0 Å². The van der Waals surface area contributed by atoms with Crippen LogP contribution in [0.25, 0.3) is 11.3 Å². The van der Waals surface area contributed by atoms with E-state index in [1.54, 1.807) is 13.0 Å². The van der Waals surface area contributed by atoms with E-state index in [0.29, 0.717) is 67.4 Å². The topological polar surface area (TPSA) is 144 Å². The fraction of sp³-hybridized carbons (Fsp3) is 0.600. The van der Waals surface area contributed by atoms with Gasteiger partial charge in [-0.1, -0.05) is 36.9 Å². The van der Waals surface area contributed by atoms with E-state index in [9.17, 15) is 10.1 Å². The molecule has 224 valence electrons. The predicted molar refractivity (Wildman–Crippen MR) is 160 cm³/mol. The van der Waals surface area contributed by atoms with Gasteiger partial charge in [-0.25, -0.2) is 14.8 Å². The molecule has 2 aromatic heterocycles. The van der Waals surface area contributed by atoms with Crippen molar-refractivity contribution in [3.05, 3.63) is 35.5 Å². The van der Waals surface area contributed by atoms with Crippen molar-refractivity contribution in [1.82, 2.24) is 15.3 Å². The summed E-state index contributed by atoms with van der Waals surface area (Å²) < 4.78 is 15.5. The zero-order chi connectivity index (χ0) is 29.5. The van der Waals surface area contributed by atoms with Crippen LogP contribution in [0, 0.1) is 16.7 Å². The number of hydrogen-bond donors (Lipinski definition) is 3. The average molecular weight is 587 g/mol. The fourth-order valence-electron chi connectivity index (χ4n) is 4.93. The summed E-state index contributed by atoms with van der Waals surface area (Å²) in [7, 11) is 0. The minimum atomic E-state index is -0.408. The third-order valence-electron chi connectivity index (χ3n) is 7.21. The third-order valence-corrected chi connectivity index (χ3v) is 7.52. The first-order chi connectivity index (χ1) is 19.8. The van der Waals surface area contributed by atoms with Crippen molar-refractivity contribution in [3.8, 4) is 17.3 Å². The molecule has 10 nitrogen and oxygen atoms in total. The lowest BCUT2D eigenvalue weighted by atomic mass is 9.82. The van der Waals surface area contributed by atoms with Crippen LogP contribution in [0.15, 0.2) is 30.5 Å². The van der Waals surface area contributed by atoms with Gasteiger partial charge in [0.05, 0.1) is 35.4 Å². The normalized spacial score (nSPS) is 17.4. The molecule has 4 rings (SSSR count). The summed E-state index contributed by atoms with van der Waals surface area (Å²) >= 11 is 6.19. The number of halogens is 1. The minimum Gasteiger partial charge on any atom is -0.464 e. The quantitative estimate of drug-likeness (QED) is 0.308. The van der Waals surface area contributed by atoms with E-state index in [2.05, 4.69) is 33.6 Å². The molecule has 1 saturated carbocycles. The Kier molecular flexibility index (Phi) is 13.6. The summed E-state index contributed by atoms with van der Waals surface area (Å²) in [5.41, 5.74) is 6.76. The Bertz CT molecular complexity index is 1130. The first kappa shape index (κ1) is 32.5. The predicted octanol–water partition coefficient (Wildman–Crippen LogP) is 4.99. The summed E-state index contributed by atoms with van der Waals surface area (Å²) in [6.07, 6.45) is 9.52. The van der Waals surface area contributed by atoms with Gasteiger partial charge in [0.25, 0.3) is 0 Å². The standard InChI is InChI=1S/C17H18ClN5O.C13H25NO3/c18-13-9-21-15(20)8-12(13)14-2-1-3-16(23-14)22-11-17(10-19)4-6-24-7-5-17;1-3-17-13(15)10-16-9-11(2)14-12-7-5-4-6-8-12/h1-3,8-9H,4-7,11H2,(H2,20,21)(H,22,23);11-12,14H,3-10H2,1-2H3/t;11-/m.1/s1. The molecule has 1 atom stereocenters. The second-order valence-corrected chi connectivity index (χ2v) is 11.0. The molecule has 0 spiro atoms. The van der Waals surface area contributed by atoms with Crippen molar-refractivity contribution in [1.29, 1.82) is 5.26 Å². The molecule has 0 bridgehead atoms. The SMILES string of the molecule is CCOC(=O)COC[C@@H](C)NC1CCCCC1.N#CC1(CNc2cccc(-c3cc(N)ncc3Cl)n2)CCOCC1. The number of nitriles is 1. The molecule has 1 aliphatic carbocycles. The van der Waals surface area contributed by atoms with E-state index in [1.165, 1.54) is 38.3 Å². The number of aromatic nitrogens is 2. The zero-order valence-electron chi connectivity index (χ0n) is 24.2. The van der Waals surface area contributed by atoms with Crippen LogP contribution in [0.3, 0.4) is 0 Å². The number of nitrogens with two attached hydrogens (primary N) is 1. The molecule has 2 aromatic rings. The summed E-state index contributed by atoms with van der Waals surface area (Å²) in [6, 6.07) is 10.7. The molecule has 3 heterocycles. The van der Waals surface area contributed by atoms with E-state index in [1.807, 2.05) is 18.2 Å². The molecular weight excluding hydrogens is 544 g/mol. The van der Waals surface area contributed by atoms with Gasteiger partial charge in [0.2, 0.25) is 0 Å². The monoisotopic (exact) mass is 586 g/mol. The summed E-state index contributed by atoms with van der Waals surface area (Å²) in [4.78, 5) is 19.6. The molecule has 2 fully saturated rings. The highest BCUT2D eigenvalue weighted by Crippen LogP contribution is 2.31. The number of nitrogens with zero attached hydrogens (tertiary/aromatic N) is 3.